The minimum absolute atomic E-state index is 1.26. The monoisotopic (exact) mass is 140 g/mol. The minimum atomic E-state index is 1.26. The fourth-order valence-electron chi connectivity index (χ4n) is 0.539. The van der Waals surface area contributed by atoms with Crippen LogP contribution in [-0.4, -0.2) is 0 Å². The summed E-state index contributed by atoms with van der Waals surface area (Å²) < 4.78 is 0. The molecule has 0 aromatic heterocycles. The van der Waals surface area contributed by atoms with E-state index in [4.69, 9.17) is 0 Å². The van der Waals surface area contributed by atoms with Crippen molar-refractivity contribution in [2.24, 2.45) is 0 Å². The molecule has 0 rings (SSSR count). The normalized spacial score (nSPS) is 9.80. The van der Waals surface area contributed by atoms with Crippen LogP contribution in [0.15, 0.2) is 24.3 Å². The van der Waals surface area contributed by atoms with Crippen molar-refractivity contribution in [3.63, 3.8) is 0 Å². The van der Waals surface area contributed by atoms with Crippen LogP contribution in [-0.2, 0) is 0 Å². The first-order valence-corrected chi connectivity index (χ1v) is 3.91. The lowest BCUT2D eigenvalue weighted by Crippen LogP contribution is -1.70. The molecule has 0 saturated carbocycles. The highest BCUT2D eigenvalue weighted by molar-refractivity contribution is 4.94. The summed E-state index contributed by atoms with van der Waals surface area (Å²) in [5.41, 5.74) is 1.50. The van der Waals surface area contributed by atoms with Crippen LogP contribution < -0.4 is 0 Å². The van der Waals surface area contributed by atoms with Crippen LogP contribution in [0.2, 0.25) is 0 Å². The lowest BCUT2D eigenvalue weighted by Gasteiger charge is -1.91. The van der Waals surface area contributed by atoms with Gasteiger partial charge in [-0.2, -0.15) is 0 Å². The van der Waals surface area contributed by atoms with Crippen LogP contribution in [0.4, 0.5) is 0 Å². The number of hydrogen-bond donors (Lipinski definition) is 0. The van der Waals surface area contributed by atoms with E-state index in [1.807, 2.05) is 6.92 Å². The molecule has 0 aliphatic carbocycles. The molecule has 0 radical (unpaired) electrons. The zero-order valence-electron chi connectivity index (χ0n) is 7.78. The van der Waals surface area contributed by atoms with Crippen molar-refractivity contribution in [3.05, 3.63) is 24.3 Å². The summed E-state index contributed by atoms with van der Waals surface area (Å²) in [6.45, 7) is 11.7. The summed E-state index contributed by atoms with van der Waals surface area (Å²) in [4.78, 5) is 0. The van der Waals surface area contributed by atoms with Gasteiger partial charge in [0.15, 0.2) is 0 Å². The van der Waals surface area contributed by atoms with Gasteiger partial charge in [-0.3, -0.25) is 0 Å². The quantitative estimate of drug-likeness (QED) is 0.509. The van der Waals surface area contributed by atoms with E-state index >= 15 is 0 Å². The SMILES string of the molecule is C=CC.CC=C(C)CCC. The summed E-state index contributed by atoms with van der Waals surface area (Å²) >= 11 is 0. The Morgan fingerprint density at radius 2 is 1.80 bits per heavy atom. The second-order valence-corrected chi connectivity index (χ2v) is 2.29. The Bertz CT molecular complexity index is 88.2. The van der Waals surface area contributed by atoms with Gasteiger partial charge in [-0.05, 0) is 27.2 Å². The summed E-state index contributed by atoms with van der Waals surface area (Å²) in [5, 5.41) is 0. The second kappa shape index (κ2) is 11.3. The average Bonchev–Trinajstić information content (AvgIpc) is 1.90. The van der Waals surface area contributed by atoms with Crippen LogP contribution in [0, 0.1) is 0 Å². The molecule has 0 atom stereocenters. The third kappa shape index (κ3) is 15.6. The highest BCUT2D eigenvalue weighted by Crippen LogP contribution is 2.00. The summed E-state index contributed by atoms with van der Waals surface area (Å²) in [7, 11) is 0. The van der Waals surface area contributed by atoms with Gasteiger partial charge in [-0.25, -0.2) is 0 Å². The van der Waals surface area contributed by atoms with Crippen LogP contribution in [0.25, 0.3) is 0 Å². The van der Waals surface area contributed by atoms with Gasteiger partial charge in [0.05, 0.1) is 0 Å². The Morgan fingerprint density at radius 1 is 1.40 bits per heavy atom. The lowest BCUT2D eigenvalue weighted by molar-refractivity contribution is 0.903. The van der Waals surface area contributed by atoms with E-state index in [0.29, 0.717) is 0 Å². The molecule has 0 amide bonds. The molecule has 0 saturated heterocycles. The molecular weight excluding hydrogens is 120 g/mol. The van der Waals surface area contributed by atoms with Crippen molar-refractivity contribution in [2.75, 3.05) is 0 Å². The van der Waals surface area contributed by atoms with E-state index in [9.17, 15) is 0 Å². The highest BCUT2D eigenvalue weighted by Gasteiger charge is 1.79. The van der Waals surface area contributed by atoms with Crippen molar-refractivity contribution in [2.45, 2.75) is 40.5 Å². The van der Waals surface area contributed by atoms with Crippen molar-refractivity contribution in [1.29, 1.82) is 0 Å². The molecule has 0 bridgehead atoms. The number of allylic oxidation sites excluding steroid dienone is 3. The molecule has 0 aromatic carbocycles. The topological polar surface area (TPSA) is 0 Å². The van der Waals surface area contributed by atoms with E-state index in [1.165, 1.54) is 18.4 Å². The van der Waals surface area contributed by atoms with Crippen LogP contribution in [0.5, 0.6) is 0 Å². The van der Waals surface area contributed by atoms with E-state index < -0.39 is 0 Å². The first kappa shape index (κ1) is 12.2. The largest absolute Gasteiger partial charge is 0.103 e. The van der Waals surface area contributed by atoms with Gasteiger partial charge in [0.1, 0.15) is 0 Å². The molecule has 0 nitrogen and oxygen atoms in total. The Kier molecular flexibility index (Phi) is 13.8. The van der Waals surface area contributed by atoms with Gasteiger partial charge >= 0.3 is 0 Å². The van der Waals surface area contributed by atoms with Gasteiger partial charge in [-0.1, -0.05) is 31.1 Å². The van der Waals surface area contributed by atoms with E-state index in [1.54, 1.807) is 6.08 Å². The van der Waals surface area contributed by atoms with Gasteiger partial charge in [0, 0.05) is 0 Å². The van der Waals surface area contributed by atoms with Crippen molar-refractivity contribution < 1.29 is 0 Å². The Balaban J connectivity index is 0. The molecule has 0 aliphatic heterocycles. The fourth-order valence-corrected chi connectivity index (χ4v) is 0.539. The first-order valence-electron chi connectivity index (χ1n) is 3.91. The molecule has 0 unspecified atom stereocenters. The molecular formula is C10H20. The molecule has 0 fully saturated rings. The van der Waals surface area contributed by atoms with Crippen molar-refractivity contribution in [3.8, 4) is 0 Å². The standard InChI is InChI=1S/C7H14.C3H6/c1-4-6-7(3)5-2;1-3-2/h5H,4,6H2,1-3H3;3H,1H2,2H3. The molecule has 60 valence electrons. The molecule has 0 aliphatic rings. The zero-order valence-corrected chi connectivity index (χ0v) is 7.78. The van der Waals surface area contributed by atoms with Crippen LogP contribution in [0.1, 0.15) is 40.5 Å². The van der Waals surface area contributed by atoms with Crippen LogP contribution >= 0.6 is 0 Å². The van der Waals surface area contributed by atoms with Gasteiger partial charge in [-0.15, -0.1) is 6.58 Å². The minimum Gasteiger partial charge on any atom is -0.103 e. The molecule has 0 heteroatoms. The summed E-state index contributed by atoms with van der Waals surface area (Å²) in [5.74, 6) is 0. The molecule has 10 heavy (non-hydrogen) atoms. The summed E-state index contributed by atoms with van der Waals surface area (Å²) in [6.07, 6.45) is 6.45. The molecule has 0 spiro atoms. The van der Waals surface area contributed by atoms with E-state index in [2.05, 4.69) is 33.4 Å². The molecule has 0 N–H and O–H groups in total. The van der Waals surface area contributed by atoms with Gasteiger partial charge < -0.3 is 0 Å². The predicted octanol–water partition coefficient (Wildman–Crippen LogP) is 3.95. The lowest BCUT2D eigenvalue weighted by atomic mass is 10.2. The molecule has 0 heterocycles. The van der Waals surface area contributed by atoms with E-state index in [-0.39, 0.29) is 0 Å². The third-order valence-corrected chi connectivity index (χ3v) is 1.14. The second-order valence-electron chi connectivity index (χ2n) is 2.29. The number of rotatable bonds is 2. The third-order valence-electron chi connectivity index (χ3n) is 1.14. The Hall–Kier alpha value is -0.520. The average molecular weight is 140 g/mol. The van der Waals surface area contributed by atoms with Gasteiger partial charge in [0.25, 0.3) is 0 Å². The Labute approximate surface area is 65.7 Å². The fraction of sp³-hybridized carbons (Fsp3) is 0.600. The van der Waals surface area contributed by atoms with E-state index in [0.717, 1.165) is 0 Å². The maximum atomic E-state index is 3.36. The molecule has 0 aromatic rings. The van der Waals surface area contributed by atoms with Gasteiger partial charge in [0.2, 0.25) is 0 Å². The number of hydrogen-bond acceptors (Lipinski definition) is 0. The smallest absolute Gasteiger partial charge is 0.0326 e. The maximum Gasteiger partial charge on any atom is -0.0326 e. The highest BCUT2D eigenvalue weighted by atomic mass is 13.9. The van der Waals surface area contributed by atoms with Crippen LogP contribution in [0.3, 0.4) is 0 Å². The van der Waals surface area contributed by atoms with Crippen molar-refractivity contribution >= 4 is 0 Å². The first-order chi connectivity index (χ1) is 4.72. The van der Waals surface area contributed by atoms with Crippen molar-refractivity contribution in [1.82, 2.24) is 0 Å². The maximum absolute atomic E-state index is 3.36. The summed E-state index contributed by atoms with van der Waals surface area (Å²) in [6, 6.07) is 0. The zero-order chi connectivity index (χ0) is 8.41. The Morgan fingerprint density at radius 3 is 1.90 bits per heavy atom. The predicted molar refractivity (Wildman–Crippen MR) is 50.2 cm³/mol.